The number of amides is 1. The quantitative estimate of drug-likeness (QED) is 0.796. The summed E-state index contributed by atoms with van der Waals surface area (Å²) in [5.41, 5.74) is 5.73. The molecule has 2 N–H and O–H groups in total. The van der Waals surface area contributed by atoms with Crippen LogP contribution >= 0.6 is 0 Å². The highest BCUT2D eigenvalue weighted by atomic mass is 16.5. The summed E-state index contributed by atoms with van der Waals surface area (Å²) in [5.74, 6) is 0.312. The Kier molecular flexibility index (Phi) is 5.22. The SMILES string of the molecule is COC1CCN(C(=O)C2(CN)CCCCCC2)CC1. The summed E-state index contributed by atoms with van der Waals surface area (Å²) in [5, 5.41) is 0. The van der Waals surface area contributed by atoms with E-state index < -0.39 is 0 Å². The van der Waals surface area contributed by atoms with Gasteiger partial charge in [-0.2, -0.15) is 0 Å². The summed E-state index contributed by atoms with van der Waals surface area (Å²) in [6.07, 6.45) is 9.01. The van der Waals surface area contributed by atoms with Crippen molar-refractivity contribution >= 4 is 5.91 Å². The first-order valence-corrected chi connectivity index (χ1v) is 7.74. The number of rotatable bonds is 3. The van der Waals surface area contributed by atoms with E-state index in [0.29, 0.717) is 18.6 Å². The van der Waals surface area contributed by atoms with Gasteiger partial charge in [-0.15, -0.1) is 0 Å². The van der Waals surface area contributed by atoms with Crippen molar-refractivity contribution in [2.24, 2.45) is 11.1 Å². The lowest BCUT2D eigenvalue weighted by atomic mass is 9.78. The number of hydrogen-bond acceptors (Lipinski definition) is 3. The topological polar surface area (TPSA) is 55.6 Å². The van der Waals surface area contributed by atoms with Gasteiger partial charge < -0.3 is 15.4 Å². The Bertz CT molecular complexity index is 291. The molecule has 2 aliphatic rings. The van der Waals surface area contributed by atoms with Crippen LogP contribution < -0.4 is 5.73 Å². The first-order valence-electron chi connectivity index (χ1n) is 7.74. The molecule has 1 aliphatic heterocycles. The predicted octanol–water partition coefficient (Wildman–Crippen LogP) is 1.92. The molecule has 0 aromatic carbocycles. The molecule has 0 radical (unpaired) electrons. The predicted molar refractivity (Wildman–Crippen MR) is 75.8 cm³/mol. The van der Waals surface area contributed by atoms with Crippen molar-refractivity contribution in [1.82, 2.24) is 4.90 Å². The number of nitrogens with two attached hydrogens (primary N) is 1. The number of carbonyl (C=O) groups is 1. The van der Waals surface area contributed by atoms with Crippen LogP contribution in [0.15, 0.2) is 0 Å². The zero-order chi connectivity index (χ0) is 13.7. The third-order valence-corrected chi connectivity index (χ3v) is 4.97. The van der Waals surface area contributed by atoms with Crippen LogP contribution in [0.5, 0.6) is 0 Å². The van der Waals surface area contributed by atoms with Crippen molar-refractivity contribution in [2.75, 3.05) is 26.7 Å². The van der Waals surface area contributed by atoms with Crippen LogP contribution in [-0.2, 0) is 9.53 Å². The maximum Gasteiger partial charge on any atom is 0.230 e. The van der Waals surface area contributed by atoms with Gasteiger partial charge in [-0.25, -0.2) is 0 Å². The Morgan fingerprint density at radius 1 is 1.21 bits per heavy atom. The van der Waals surface area contributed by atoms with Crippen LogP contribution in [0.25, 0.3) is 0 Å². The first-order chi connectivity index (χ1) is 9.22. The van der Waals surface area contributed by atoms with E-state index in [1.54, 1.807) is 7.11 Å². The molecule has 1 saturated heterocycles. The molecule has 2 fully saturated rings. The fraction of sp³-hybridized carbons (Fsp3) is 0.933. The normalized spacial score (nSPS) is 25.1. The molecule has 1 amide bonds. The van der Waals surface area contributed by atoms with E-state index in [4.69, 9.17) is 10.5 Å². The highest BCUT2D eigenvalue weighted by Gasteiger charge is 2.40. The van der Waals surface area contributed by atoms with E-state index >= 15 is 0 Å². The summed E-state index contributed by atoms with van der Waals surface area (Å²) >= 11 is 0. The molecule has 0 aromatic heterocycles. The van der Waals surface area contributed by atoms with Crippen LogP contribution in [0.4, 0.5) is 0 Å². The number of nitrogens with zero attached hydrogens (tertiary/aromatic N) is 1. The molecule has 0 bridgehead atoms. The van der Waals surface area contributed by atoms with Crippen LogP contribution in [-0.4, -0.2) is 43.7 Å². The van der Waals surface area contributed by atoms with Crippen molar-refractivity contribution in [3.05, 3.63) is 0 Å². The Balaban J connectivity index is 2.00. The number of ether oxygens (including phenoxy) is 1. The second kappa shape index (κ2) is 6.71. The van der Waals surface area contributed by atoms with E-state index in [-0.39, 0.29) is 5.41 Å². The average Bonchev–Trinajstić information content (AvgIpc) is 2.73. The van der Waals surface area contributed by atoms with E-state index in [9.17, 15) is 4.79 Å². The standard InChI is InChI=1S/C15H28N2O2/c1-19-13-6-10-17(11-7-13)14(18)15(12-16)8-4-2-3-5-9-15/h13H,2-12,16H2,1H3. The number of likely N-dealkylation sites (tertiary alicyclic amines) is 1. The molecule has 4 nitrogen and oxygen atoms in total. The lowest BCUT2D eigenvalue weighted by Gasteiger charge is -2.39. The second-order valence-corrected chi connectivity index (χ2v) is 6.13. The summed E-state index contributed by atoms with van der Waals surface area (Å²) in [6.45, 7) is 2.17. The Morgan fingerprint density at radius 2 is 1.79 bits per heavy atom. The largest absolute Gasteiger partial charge is 0.381 e. The molecule has 1 aliphatic carbocycles. The molecule has 0 spiro atoms. The molecule has 0 unspecified atom stereocenters. The summed E-state index contributed by atoms with van der Waals surface area (Å²) in [7, 11) is 1.76. The van der Waals surface area contributed by atoms with Crippen molar-refractivity contribution in [3.63, 3.8) is 0 Å². The minimum absolute atomic E-state index is 0.267. The van der Waals surface area contributed by atoms with Crippen molar-refractivity contribution in [1.29, 1.82) is 0 Å². The molecule has 1 saturated carbocycles. The Morgan fingerprint density at radius 3 is 2.26 bits per heavy atom. The highest BCUT2D eigenvalue weighted by molar-refractivity contribution is 5.83. The molecule has 4 heteroatoms. The van der Waals surface area contributed by atoms with Gasteiger partial charge in [0.15, 0.2) is 0 Å². The van der Waals surface area contributed by atoms with Crippen molar-refractivity contribution in [3.8, 4) is 0 Å². The monoisotopic (exact) mass is 268 g/mol. The van der Waals surface area contributed by atoms with Gasteiger partial charge in [0, 0.05) is 26.7 Å². The summed E-state index contributed by atoms with van der Waals surface area (Å²) < 4.78 is 5.37. The Labute approximate surface area is 116 Å². The second-order valence-electron chi connectivity index (χ2n) is 6.13. The van der Waals surface area contributed by atoms with Crippen LogP contribution in [0.3, 0.4) is 0 Å². The van der Waals surface area contributed by atoms with Gasteiger partial charge in [-0.3, -0.25) is 4.79 Å². The highest BCUT2D eigenvalue weighted by Crippen LogP contribution is 2.36. The van der Waals surface area contributed by atoms with Crippen molar-refractivity contribution in [2.45, 2.75) is 57.5 Å². The molecule has 19 heavy (non-hydrogen) atoms. The number of hydrogen-bond donors (Lipinski definition) is 1. The van der Waals surface area contributed by atoms with Crippen molar-refractivity contribution < 1.29 is 9.53 Å². The maximum atomic E-state index is 12.9. The molecule has 110 valence electrons. The lowest BCUT2D eigenvalue weighted by Crippen LogP contribution is -2.51. The van der Waals surface area contributed by atoms with Gasteiger partial charge in [0.2, 0.25) is 5.91 Å². The number of methoxy groups -OCH3 is 1. The molecular weight excluding hydrogens is 240 g/mol. The zero-order valence-corrected chi connectivity index (χ0v) is 12.2. The minimum Gasteiger partial charge on any atom is -0.381 e. The third-order valence-electron chi connectivity index (χ3n) is 4.97. The molecule has 1 heterocycles. The molecule has 0 atom stereocenters. The minimum atomic E-state index is -0.267. The molecular formula is C15H28N2O2. The average molecular weight is 268 g/mol. The Hall–Kier alpha value is -0.610. The summed E-state index contributed by atoms with van der Waals surface area (Å²) in [6, 6.07) is 0. The van der Waals surface area contributed by atoms with Gasteiger partial charge in [-0.05, 0) is 25.7 Å². The first kappa shape index (κ1) is 14.8. The van der Waals surface area contributed by atoms with Gasteiger partial charge >= 0.3 is 0 Å². The fourth-order valence-corrected chi connectivity index (χ4v) is 3.54. The van der Waals surface area contributed by atoms with Gasteiger partial charge in [0.25, 0.3) is 0 Å². The van der Waals surface area contributed by atoms with Gasteiger partial charge in [-0.1, -0.05) is 25.7 Å². The molecule has 2 rings (SSSR count). The summed E-state index contributed by atoms with van der Waals surface area (Å²) in [4.78, 5) is 14.9. The van der Waals surface area contributed by atoms with Gasteiger partial charge in [0.1, 0.15) is 0 Å². The van der Waals surface area contributed by atoms with Crippen LogP contribution in [0.1, 0.15) is 51.4 Å². The van der Waals surface area contributed by atoms with E-state index in [2.05, 4.69) is 0 Å². The smallest absolute Gasteiger partial charge is 0.230 e. The number of carbonyl (C=O) groups excluding carboxylic acids is 1. The van der Waals surface area contributed by atoms with Crippen LogP contribution in [0.2, 0.25) is 0 Å². The van der Waals surface area contributed by atoms with E-state index in [0.717, 1.165) is 51.6 Å². The molecule has 0 aromatic rings. The maximum absolute atomic E-state index is 12.9. The zero-order valence-electron chi connectivity index (χ0n) is 12.2. The lowest BCUT2D eigenvalue weighted by molar-refractivity contribution is -0.145. The van der Waals surface area contributed by atoms with E-state index in [1.807, 2.05) is 4.90 Å². The number of piperidine rings is 1. The van der Waals surface area contributed by atoms with Gasteiger partial charge in [0.05, 0.1) is 11.5 Å². The van der Waals surface area contributed by atoms with Crippen LogP contribution in [0, 0.1) is 5.41 Å². The fourth-order valence-electron chi connectivity index (χ4n) is 3.54. The van der Waals surface area contributed by atoms with E-state index in [1.165, 1.54) is 12.8 Å². The third kappa shape index (κ3) is 3.29.